The van der Waals surface area contributed by atoms with Gasteiger partial charge in [0.05, 0.1) is 5.92 Å². The topological polar surface area (TPSA) is 84.4 Å². The summed E-state index contributed by atoms with van der Waals surface area (Å²) in [5.74, 6) is -0.981. The highest BCUT2D eigenvalue weighted by Gasteiger charge is 2.34. The average Bonchev–Trinajstić information content (AvgIpc) is 3.21. The summed E-state index contributed by atoms with van der Waals surface area (Å²) in [7, 11) is 1.56. The third-order valence-electron chi connectivity index (χ3n) is 4.13. The third-order valence-corrected chi connectivity index (χ3v) is 4.95. The Balaban J connectivity index is 1.51. The van der Waals surface area contributed by atoms with Crippen molar-refractivity contribution in [2.45, 2.75) is 19.4 Å². The van der Waals surface area contributed by atoms with Gasteiger partial charge in [-0.15, -0.1) is 10.2 Å². The van der Waals surface area contributed by atoms with E-state index < -0.39 is 5.92 Å². The van der Waals surface area contributed by atoms with Crippen molar-refractivity contribution in [2.75, 3.05) is 25.5 Å². The van der Waals surface area contributed by atoms with Crippen LogP contribution in [0, 0.1) is 11.7 Å². The van der Waals surface area contributed by atoms with E-state index in [9.17, 15) is 14.0 Å². The van der Waals surface area contributed by atoms with Crippen molar-refractivity contribution in [2.24, 2.45) is 5.92 Å². The largest absolute Gasteiger partial charge is 0.377 e. The van der Waals surface area contributed by atoms with Crippen molar-refractivity contribution in [3.63, 3.8) is 0 Å². The molecule has 1 atom stereocenters. The SMILES string of the molecule is COCc1nnc(NC(=O)C2CC(=O)N(CCc3ccc(F)cc3)C2)s1. The van der Waals surface area contributed by atoms with Crippen LogP contribution in [0.1, 0.15) is 17.0 Å². The number of carbonyl (C=O) groups excluding carboxylic acids is 2. The highest BCUT2D eigenvalue weighted by Crippen LogP contribution is 2.22. The van der Waals surface area contributed by atoms with E-state index in [1.807, 2.05) is 0 Å². The fraction of sp³-hybridized carbons (Fsp3) is 0.412. The van der Waals surface area contributed by atoms with E-state index in [0.29, 0.717) is 36.3 Å². The summed E-state index contributed by atoms with van der Waals surface area (Å²) >= 11 is 1.25. The number of benzene rings is 1. The smallest absolute Gasteiger partial charge is 0.231 e. The molecule has 3 rings (SSSR count). The lowest BCUT2D eigenvalue weighted by atomic mass is 10.1. The molecular weight excluding hydrogens is 359 g/mol. The number of nitrogens with one attached hydrogen (secondary N) is 1. The minimum absolute atomic E-state index is 0.0513. The highest BCUT2D eigenvalue weighted by atomic mass is 32.1. The molecule has 1 aromatic heterocycles. The van der Waals surface area contributed by atoms with Gasteiger partial charge in [0.2, 0.25) is 16.9 Å². The van der Waals surface area contributed by atoms with Gasteiger partial charge < -0.3 is 15.0 Å². The number of hydrogen-bond acceptors (Lipinski definition) is 6. The van der Waals surface area contributed by atoms with Crippen molar-refractivity contribution in [1.29, 1.82) is 0 Å². The van der Waals surface area contributed by atoms with Crippen molar-refractivity contribution in [3.05, 3.63) is 40.7 Å². The van der Waals surface area contributed by atoms with E-state index in [1.165, 1.54) is 23.5 Å². The molecule has 1 aromatic carbocycles. The van der Waals surface area contributed by atoms with Crippen molar-refractivity contribution in [3.8, 4) is 0 Å². The van der Waals surface area contributed by atoms with Crippen LogP contribution in [0.2, 0.25) is 0 Å². The second-order valence-electron chi connectivity index (χ2n) is 6.04. The highest BCUT2D eigenvalue weighted by molar-refractivity contribution is 7.15. The first-order valence-corrected chi connectivity index (χ1v) is 9.01. The number of halogens is 1. The molecule has 2 amide bonds. The van der Waals surface area contributed by atoms with E-state index in [1.54, 1.807) is 24.1 Å². The Hall–Kier alpha value is -2.39. The minimum Gasteiger partial charge on any atom is -0.377 e. The van der Waals surface area contributed by atoms with Gasteiger partial charge >= 0.3 is 0 Å². The lowest BCUT2D eigenvalue weighted by Gasteiger charge is -2.16. The quantitative estimate of drug-likeness (QED) is 0.795. The molecule has 9 heteroatoms. The summed E-state index contributed by atoms with van der Waals surface area (Å²) in [5.41, 5.74) is 0.951. The number of hydrogen-bond donors (Lipinski definition) is 1. The van der Waals surface area contributed by atoms with Crippen LogP contribution < -0.4 is 5.32 Å². The first-order chi connectivity index (χ1) is 12.5. The van der Waals surface area contributed by atoms with Gasteiger partial charge in [-0.2, -0.15) is 0 Å². The Morgan fingerprint density at radius 1 is 1.38 bits per heavy atom. The number of methoxy groups -OCH3 is 1. The van der Waals surface area contributed by atoms with Crippen LogP contribution in [0.3, 0.4) is 0 Å². The number of rotatable bonds is 7. The van der Waals surface area contributed by atoms with Crippen LogP contribution in [-0.2, 0) is 27.4 Å². The van der Waals surface area contributed by atoms with Crippen LogP contribution in [-0.4, -0.2) is 47.1 Å². The van der Waals surface area contributed by atoms with E-state index in [-0.39, 0.29) is 24.1 Å². The number of anilines is 1. The summed E-state index contributed by atoms with van der Waals surface area (Å²) in [6.45, 7) is 1.22. The Morgan fingerprint density at radius 3 is 2.88 bits per heavy atom. The molecule has 2 heterocycles. The molecule has 0 saturated carbocycles. The zero-order valence-corrected chi connectivity index (χ0v) is 15.1. The molecule has 0 radical (unpaired) electrons. The molecule has 7 nitrogen and oxygen atoms in total. The number of ether oxygens (including phenoxy) is 1. The molecule has 0 bridgehead atoms. The first kappa shape index (κ1) is 18.4. The molecule has 1 aliphatic heterocycles. The maximum atomic E-state index is 12.9. The van der Waals surface area contributed by atoms with Crippen LogP contribution in [0.4, 0.5) is 9.52 Å². The lowest BCUT2D eigenvalue weighted by Crippen LogP contribution is -2.30. The van der Waals surface area contributed by atoms with E-state index in [2.05, 4.69) is 15.5 Å². The summed E-state index contributed by atoms with van der Waals surface area (Å²) < 4.78 is 17.9. The molecular formula is C17H19FN4O3S. The van der Waals surface area contributed by atoms with Crippen molar-refractivity contribution in [1.82, 2.24) is 15.1 Å². The van der Waals surface area contributed by atoms with Gasteiger partial charge in [-0.1, -0.05) is 23.5 Å². The van der Waals surface area contributed by atoms with Gasteiger partial charge in [0.1, 0.15) is 17.4 Å². The summed E-state index contributed by atoms with van der Waals surface area (Å²) in [5, 5.41) is 11.6. The molecule has 1 aliphatic rings. The van der Waals surface area contributed by atoms with Gasteiger partial charge in [0.15, 0.2) is 0 Å². The standard InChI is InChI=1S/C17H19FN4O3S/c1-25-10-14-20-21-17(26-14)19-16(24)12-8-15(23)22(9-12)7-6-11-2-4-13(18)5-3-11/h2-5,12H,6-10H2,1H3,(H,19,21,24). The molecule has 1 unspecified atom stereocenters. The summed E-state index contributed by atoms with van der Waals surface area (Å²) in [4.78, 5) is 26.2. The Bertz CT molecular complexity index is 781. The monoisotopic (exact) mass is 378 g/mol. The van der Waals surface area contributed by atoms with Crippen molar-refractivity contribution < 1.29 is 18.7 Å². The zero-order chi connectivity index (χ0) is 18.5. The van der Waals surface area contributed by atoms with E-state index >= 15 is 0 Å². The minimum atomic E-state index is -0.412. The van der Waals surface area contributed by atoms with Gasteiger partial charge in [-0.3, -0.25) is 9.59 Å². The Labute approximate surface area is 154 Å². The molecule has 1 N–H and O–H groups in total. The lowest BCUT2D eigenvalue weighted by molar-refractivity contribution is -0.128. The predicted octanol–water partition coefficient (Wildman–Crippen LogP) is 1.85. The number of nitrogens with zero attached hydrogens (tertiary/aromatic N) is 3. The number of aromatic nitrogens is 2. The van der Waals surface area contributed by atoms with Gasteiger partial charge in [-0.25, -0.2) is 4.39 Å². The molecule has 1 saturated heterocycles. The van der Waals surface area contributed by atoms with Crippen LogP contribution in [0.25, 0.3) is 0 Å². The normalized spacial score (nSPS) is 16.9. The molecule has 26 heavy (non-hydrogen) atoms. The van der Waals surface area contributed by atoms with Gasteiger partial charge in [0, 0.05) is 26.6 Å². The number of carbonyl (C=O) groups is 2. The van der Waals surface area contributed by atoms with Crippen LogP contribution >= 0.6 is 11.3 Å². The fourth-order valence-electron chi connectivity index (χ4n) is 2.77. The second kappa shape index (κ2) is 8.33. The molecule has 0 aliphatic carbocycles. The zero-order valence-electron chi connectivity index (χ0n) is 14.3. The Kier molecular flexibility index (Phi) is 5.89. The van der Waals surface area contributed by atoms with E-state index in [0.717, 1.165) is 5.56 Å². The first-order valence-electron chi connectivity index (χ1n) is 8.19. The second-order valence-corrected chi connectivity index (χ2v) is 7.10. The van der Waals surface area contributed by atoms with Crippen molar-refractivity contribution >= 4 is 28.3 Å². The molecule has 2 aromatic rings. The number of likely N-dealkylation sites (tertiary alicyclic amines) is 1. The molecule has 1 fully saturated rings. The van der Waals surface area contributed by atoms with E-state index in [4.69, 9.17) is 4.74 Å². The third kappa shape index (κ3) is 4.61. The molecule has 0 spiro atoms. The van der Waals surface area contributed by atoms with Gasteiger partial charge in [-0.05, 0) is 24.1 Å². The van der Waals surface area contributed by atoms with Crippen LogP contribution in [0.5, 0.6) is 0 Å². The summed E-state index contributed by atoms with van der Waals surface area (Å²) in [6, 6.07) is 6.20. The summed E-state index contributed by atoms with van der Waals surface area (Å²) in [6.07, 6.45) is 0.802. The molecule has 138 valence electrons. The fourth-order valence-corrected chi connectivity index (χ4v) is 3.49. The maximum absolute atomic E-state index is 12.9. The maximum Gasteiger partial charge on any atom is 0.231 e. The predicted molar refractivity (Wildman–Crippen MR) is 94.0 cm³/mol. The average molecular weight is 378 g/mol. The van der Waals surface area contributed by atoms with Gasteiger partial charge in [0.25, 0.3) is 0 Å². The van der Waals surface area contributed by atoms with Crippen LogP contribution in [0.15, 0.2) is 24.3 Å². The number of amides is 2. The Morgan fingerprint density at radius 2 is 2.15 bits per heavy atom.